The fraction of sp³-hybridized carbons (Fsp3) is 0.474. The summed E-state index contributed by atoms with van der Waals surface area (Å²) in [6.07, 6.45) is 4.84. The van der Waals surface area contributed by atoms with Crippen LogP contribution in [0.2, 0.25) is 0 Å². The number of halogens is 1. The van der Waals surface area contributed by atoms with Crippen molar-refractivity contribution in [3.63, 3.8) is 0 Å². The van der Waals surface area contributed by atoms with Gasteiger partial charge in [-0.25, -0.2) is 8.42 Å². The number of aliphatic hydroxyl groups excluding tert-OH is 1. The maximum absolute atomic E-state index is 13.5. The van der Waals surface area contributed by atoms with Gasteiger partial charge in [0.1, 0.15) is 12.1 Å². The number of nitrogens with zero attached hydrogens (tertiary/aromatic N) is 2. The molecule has 0 aliphatic heterocycles. The second-order valence-electron chi connectivity index (χ2n) is 7.17. The minimum Gasteiger partial charge on any atom is -0.395 e. The normalized spacial score (nSPS) is 14.0. The largest absolute Gasteiger partial charge is 0.395 e. The van der Waals surface area contributed by atoms with E-state index in [1.54, 1.807) is 42.8 Å². The fourth-order valence-corrected chi connectivity index (χ4v) is 5.43. The van der Waals surface area contributed by atoms with Crippen molar-refractivity contribution in [3.8, 4) is 0 Å². The molecule has 2 rings (SSSR count). The summed E-state index contributed by atoms with van der Waals surface area (Å²) in [5, 5.41) is 9.84. The molecule has 0 aliphatic carbocycles. The Labute approximate surface area is 169 Å². The molecule has 8 heteroatoms. The van der Waals surface area contributed by atoms with Crippen molar-refractivity contribution in [2.24, 2.45) is 0 Å². The maximum Gasteiger partial charge on any atom is 0.195 e. The summed E-state index contributed by atoms with van der Waals surface area (Å²) in [6, 6.07) is 5.13. The van der Waals surface area contributed by atoms with E-state index in [0.29, 0.717) is 9.86 Å². The molecule has 0 spiro atoms. The van der Waals surface area contributed by atoms with Crippen molar-refractivity contribution in [1.29, 1.82) is 0 Å². The lowest BCUT2D eigenvalue weighted by Gasteiger charge is -2.32. The highest BCUT2D eigenvalue weighted by Gasteiger charge is 2.34. The average Bonchev–Trinajstić information content (AvgIpc) is 2.59. The topological polar surface area (TPSA) is 79.7 Å². The van der Waals surface area contributed by atoms with Gasteiger partial charge in [0, 0.05) is 34.2 Å². The summed E-state index contributed by atoms with van der Waals surface area (Å²) in [7, 11) is -3.77. The Morgan fingerprint density at radius 1 is 1.33 bits per heavy atom. The summed E-state index contributed by atoms with van der Waals surface area (Å²) < 4.78 is 33.4. The van der Waals surface area contributed by atoms with E-state index in [1.807, 2.05) is 26.8 Å². The van der Waals surface area contributed by atoms with Crippen LogP contribution in [0.4, 0.5) is 0 Å². The quantitative estimate of drug-likeness (QED) is 0.611. The van der Waals surface area contributed by atoms with E-state index >= 15 is 0 Å². The Kier molecular flexibility index (Phi) is 7.38. The lowest BCUT2D eigenvalue weighted by molar-refractivity contribution is -0.0680. The highest BCUT2D eigenvalue weighted by atomic mass is 79.9. The Bertz CT molecular complexity index is 876. The van der Waals surface area contributed by atoms with Crippen LogP contribution < -0.4 is 0 Å². The molecule has 149 valence electrons. The van der Waals surface area contributed by atoms with Gasteiger partial charge in [0.2, 0.25) is 0 Å². The molecule has 0 bridgehead atoms. The van der Waals surface area contributed by atoms with Crippen molar-refractivity contribution < 1.29 is 18.3 Å². The predicted octanol–water partition coefficient (Wildman–Crippen LogP) is 3.39. The van der Waals surface area contributed by atoms with Crippen molar-refractivity contribution in [1.82, 2.24) is 9.88 Å². The lowest BCUT2D eigenvalue weighted by Crippen LogP contribution is -2.45. The third-order valence-corrected chi connectivity index (χ3v) is 6.78. The number of aliphatic hydroxyl groups is 1. The van der Waals surface area contributed by atoms with E-state index in [9.17, 15) is 13.5 Å². The summed E-state index contributed by atoms with van der Waals surface area (Å²) in [5.74, 6) is 0. The summed E-state index contributed by atoms with van der Waals surface area (Å²) in [5.41, 5.74) is -0.427. The van der Waals surface area contributed by atoms with Gasteiger partial charge in [0.05, 0.1) is 17.1 Å². The highest BCUT2D eigenvalue weighted by molar-refractivity contribution is 9.10. The van der Waals surface area contributed by atoms with Gasteiger partial charge >= 0.3 is 0 Å². The average molecular weight is 458 g/mol. The maximum atomic E-state index is 13.5. The monoisotopic (exact) mass is 457 g/mol. The third kappa shape index (κ3) is 5.26. The summed E-state index contributed by atoms with van der Waals surface area (Å²) in [4.78, 5) is 5.95. The number of aromatic nitrogens is 1. The van der Waals surface area contributed by atoms with Gasteiger partial charge in [-0.2, -0.15) is 0 Å². The van der Waals surface area contributed by atoms with Crippen molar-refractivity contribution >= 4 is 36.5 Å². The van der Waals surface area contributed by atoms with E-state index in [1.165, 1.54) is 0 Å². The minimum absolute atomic E-state index is 0.0891. The van der Waals surface area contributed by atoms with Crippen LogP contribution in [0.25, 0.3) is 10.8 Å². The Morgan fingerprint density at radius 3 is 2.63 bits per heavy atom. The molecule has 6 nitrogen and oxygen atoms in total. The predicted molar refractivity (Wildman–Crippen MR) is 110 cm³/mol. The van der Waals surface area contributed by atoms with E-state index in [4.69, 9.17) is 4.74 Å². The molecule has 1 atom stereocenters. The van der Waals surface area contributed by atoms with E-state index in [0.717, 1.165) is 5.39 Å². The molecule has 0 unspecified atom stereocenters. The minimum atomic E-state index is -3.77. The molecule has 0 saturated carbocycles. The van der Waals surface area contributed by atoms with Crippen LogP contribution in [0.3, 0.4) is 0 Å². The third-order valence-electron chi connectivity index (χ3n) is 4.02. The van der Waals surface area contributed by atoms with Crippen molar-refractivity contribution in [3.05, 3.63) is 41.5 Å². The first-order valence-electron chi connectivity index (χ1n) is 8.66. The molecule has 2 aromatic rings. The number of rotatable bonds is 8. The number of sulfone groups is 1. The number of hydrogen-bond donors (Lipinski definition) is 1. The smallest absolute Gasteiger partial charge is 0.195 e. The molecule has 1 aromatic carbocycles. The Morgan fingerprint density at radius 2 is 2.04 bits per heavy atom. The molecule has 1 heterocycles. The number of hydrogen-bond acceptors (Lipinski definition) is 6. The lowest BCUT2D eigenvalue weighted by atomic mass is 10.2. The molecular formula is C19H26BrN2O4S. The van der Waals surface area contributed by atoms with Crippen molar-refractivity contribution in [2.45, 2.75) is 43.6 Å². The number of fused-ring (bicyclic) bond motifs is 1. The first kappa shape index (κ1) is 22.2. The van der Waals surface area contributed by atoms with Crippen LogP contribution in [-0.4, -0.2) is 54.3 Å². The zero-order valence-corrected chi connectivity index (χ0v) is 18.4. The van der Waals surface area contributed by atoms with Crippen LogP contribution in [0.5, 0.6) is 0 Å². The van der Waals surface area contributed by atoms with Crippen LogP contribution in [0.1, 0.15) is 27.7 Å². The van der Waals surface area contributed by atoms with Gasteiger partial charge in [0.15, 0.2) is 9.84 Å². The number of ether oxygens (including phenoxy) is 1. The van der Waals surface area contributed by atoms with Gasteiger partial charge < -0.3 is 9.84 Å². The standard InChI is InChI=1S/C19H26BrN2O4S/c1-5-17(22(9-10-23)13-26-19(2,3)4)27(24,25)16-8-6-7-14-11-21-12-15(20)18(14)16/h5-8,11-12,17,23H,9-10,13H2,1-4H3/t17-/m0/s1. The molecule has 0 saturated heterocycles. The summed E-state index contributed by atoms with van der Waals surface area (Å²) in [6.45, 7) is 7.50. The van der Waals surface area contributed by atoms with Crippen LogP contribution in [0, 0.1) is 6.42 Å². The van der Waals surface area contributed by atoms with E-state index in [2.05, 4.69) is 20.9 Å². The molecule has 27 heavy (non-hydrogen) atoms. The molecule has 0 amide bonds. The van der Waals surface area contributed by atoms with Gasteiger partial charge in [-0.3, -0.25) is 9.88 Å². The van der Waals surface area contributed by atoms with E-state index < -0.39 is 20.8 Å². The molecule has 1 aromatic heterocycles. The van der Waals surface area contributed by atoms with E-state index in [-0.39, 0.29) is 24.8 Å². The van der Waals surface area contributed by atoms with Crippen LogP contribution in [0.15, 0.2) is 40.0 Å². The number of benzene rings is 1. The second kappa shape index (κ2) is 8.96. The molecule has 1 N–H and O–H groups in total. The van der Waals surface area contributed by atoms with Crippen LogP contribution >= 0.6 is 15.9 Å². The zero-order chi connectivity index (χ0) is 20.2. The molecule has 1 radical (unpaired) electrons. The van der Waals surface area contributed by atoms with Crippen molar-refractivity contribution in [2.75, 3.05) is 19.9 Å². The first-order chi connectivity index (χ1) is 12.6. The van der Waals surface area contributed by atoms with Gasteiger partial charge in [-0.15, -0.1) is 0 Å². The summed E-state index contributed by atoms with van der Waals surface area (Å²) >= 11 is 3.42. The molecular weight excluding hydrogens is 432 g/mol. The molecule has 0 aliphatic rings. The molecule has 0 fully saturated rings. The van der Waals surface area contributed by atoms with Gasteiger partial charge in [-0.05, 0) is 49.2 Å². The second-order valence-corrected chi connectivity index (χ2v) is 10.0. The SMILES string of the molecule is C[CH][C@@H](N(CCO)COC(C)(C)C)S(=O)(=O)c1cccc2cncc(Br)c12. The Balaban J connectivity index is 2.51. The number of pyridine rings is 1. The fourth-order valence-electron chi connectivity index (χ4n) is 2.78. The van der Waals surface area contributed by atoms with Gasteiger partial charge in [0.25, 0.3) is 0 Å². The highest BCUT2D eigenvalue weighted by Crippen LogP contribution is 2.32. The van der Waals surface area contributed by atoms with Crippen LogP contribution in [-0.2, 0) is 14.6 Å². The van der Waals surface area contributed by atoms with Gasteiger partial charge in [-0.1, -0.05) is 19.1 Å². The zero-order valence-electron chi connectivity index (χ0n) is 16.0. The Hall–Kier alpha value is -1.06. The first-order valence-corrected chi connectivity index (χ1v) is 11.0.